The number of anilines is 1. The number of hydrogen-bond acceptors (Lipinski definition) is 6. The number of thiophene rings is 1. The fourth-order valence-corrected chi connectivity index (χ4v) is 4.38. The predicted octanol–water partition coefficient (Wildman–Crippen LogP) is 5.07. The van der Waals surface area contributed by atoms with Gasteiger partial charge in [-0.2, -0.15) is 5.26 Å². The lowest BCUT2D eigenvalue weighted by Crippen LogP contribution is -2.26. The minimum Gasteiger partial charge on any atom is -0.423 e. The van der Waals surface area contributed by atoms with E-state index in [1.54, 1.807) is 11.3 Å². The molecule has 1 unspecified atom stereocenters. The van der Waals surface area contributed by atoms with Gasteiger partial charge >= 0.3 is 0 Å². The van der Waals surface area contributed by atoms with Crippen LogP contribution in [0.4, 0.5) is 5.88 Å². The minimum absolute atomic E-state index is 0.188. The first-order valence-electron chi connectivity index (χ1n) is 9.46. The van der Waals surface area contributed by atoms with Crippen LogP contribution < -0.4 is 5.32 Å². The van der Waals surface area contributed by atoms with Gasteiger partial charge in [0.05, 0.1) is 12.5 Å². The van der Waals surface area contributed by atoms with E-state index in [1.807, 2.05) is 38.4 Å². The molecule has 2 aromatic carbocycles. The van der Waals surface area contributed by atoms with Crippen LogP contribution >= 0.6 is 11.3 Å². The summed E-state index contributed by atoms with van der Waals surface area (Å²) < 4.78 is 5.95. The van der Waals surface area contributed by atoms with Crippen molar-refractivity contribution < 1.29 is 4.42 Å². The molecule has 0 fully saturated rings. The highest BCUT2D eigenvalue weighted by molar-refractivity contribution is 7.10. The molecule has 0 spiro atoms. The molecule has 4 aromatic rings. The highest BCUT2D eigenvalue weighted by Gasteiger charge is 2.19. The number of oxazole rings is 1. The molecule has 29 heavy (non-hydrogen) atoms. The van der Waals surface area contributed by atoms with E-state index in [0.29, 0.717) is 30.4 Å². The average Bonchev–Trinajstić information content (AvgIpc) is 3.38. The minimum atomic E-state index is 0.188. The van der Waals surface area contributed by atoms with E-state index < -0.39 is 0 Å². The summed E-state index contributed by atoms with van der Waals surface area (Å²) in [5, 5.41) is 17.2. The second-order valence-corrected chi connectivity index (χ2v) is 8.07. The number of benzene rings is 2. The largest absolute Gasteiger partial charge is 0.423 e. The summed E-state index contributed by atoms with van der Waals surface area (Å²) in [6, 6.07) is 21.0. The fraction of sp³-hybridized carbons (Fsp3) is 0.217. The molecule has 0 saturated heterocycles. The van der Waals surface area contributed by atoms with E-state index in [9.17, 15) is 5.26 Å². The molecular formula is C23H22N4OS. The molecule has 2 aromatic heterocycles. The van der Waals surface area contributed by atoms with E-state index in [1.165, 1.54) is 15.6 Å². The molecule has 0 aliphatic rings. The molecule has 0 radical (unpaired) electrons. The Bertz CT molecular complexity index is 1140. The third-order valence-electron chi connectivity index (χ3n) is 4.95. The predicted molar refractivity (Wildman–Crippen MR) is 117 cm³/mol. The van der Waals surface area contributed by atoms with Crippen molar-refractivity contribution in [2.45, 2.75) is 12.5 Å². The Hall–Kier alpha value is -3.14. The summed E-state index contributed by atoms with van der Waals surface area (Å²) in [7, 11) is 4.09. The van der Waals surface area contributed by atoms with Crippen molar-refractivity contribution in [2.24, 2.45) is 0 Å². The monoisotopic (exact) mass is 402 g/mol. The maximum atomic E-state index is 9.51. The summed E-state index contributed by atoms with van der Waals surface area (Å²) in [4.78, 5) is 7.83. The first-order chi connectivity index (χ1) is 14.2. The zero-order valence-electron chi connectivity index (χ0n) is 16.4. The second-order valence-electron chi connectivity index (χ2n) is 7.09. The first-order valence-corrected chi connectivity index (χ1v) is 10.3. The number of rotatable bonds is 7. The molecule has 5 nitrogen and oxygen atoms in total. The third kappa shape index (κ3) is 4.16. The molecule has 2 heterocycles. The van der Waals surface area contributed by atoms with E-state index in [2.05, 4.69) is 57.0 Å². The number of nitrogens with one attached hydrogen (secondary N) is 1. The van der Waals surface area contributed by atoms with Gasteiger partial charge in [0.1, 0.15) is 6.07 Å². The molecule has 146 valence electrons. The summed E-state index contributed by atoms with van der Waals surface area (Å²) in [5.74, 6) is 0.976. The normalized spacial score (nSPS) is 12.2. The second kappa shape index (κ2) is 8.48. The van der Waals surface area contributed by atoms with Crippen LogP contribution in [0.5, 0.6) is 0 Å². The van der Waals surface area contributed by atoms with Crippen molar-refractivity contribution >= 4 is 28.0 Å². The van der Waals surface area contributed by atoms with E-state index in [-0.39, 0.29) is 6.04 Å². The number of likely N-dealkylation sites (N-methyl/N-ethyl adjacent to an activating group) is 1. The molecule has 1 atom stereocenters. The molecule has 0 aliphatic heterocycles. The van der Waals surface area contributed by atoms with Crippen molar-refractivity contribution in [3.63, 3.8) is 0 Å². The summed E-state index contributed by atoms with van der Waals surface area (Å²) >= 11 is 1.72. The Balaban J connectivity index is 1.55. The van der Waals surface area contributed by atoms with Crippen molar-refractivity contribution in [3.8, 4) is 6.07 Å². The molecule has 1 N–H and O–H groups in total. The van der Waals surface area contributed by atoms with Gasteiger partial charge in [-0.25, -0.2) is 4.98 Å². The van der Waals surface area contributed by atoms with Crippen LogP contribution in [0.25, 0.3) is 10.8 Å². The fourth-order valence-electron chi connectivity index (χ4n) is 3.45. The van der Waals surface area contributed by atoms with Gasteiger partial charge in [0.25, 0.3) is 0 Å². The Labute approximate surface area is 174 Å². The number of aromatic nitrogens is 1. The van der Waals surface area contributed by atoms with E-state index >= 15 is 0 Å². The lowest BCUT2D eigenvalue weighted by molar-refractivity contribution is 0.314. The van der Waals surface area contributed by atoms with Gasteiger partial charge < -0.3 is 14.6 Å². The van der Waals surface area contributed by atoms with Crippen LogP contribution in [0.15, 0.2) is 64.4 Å². The Morgan fingerprint density at radius 2 is 1.97 bits per heavy atom. The maximum Gasteiger partial charge on any atom is 0.232 e. The molecule has 0 saturated carbocycles. The topological polar surface area (TPSA) is 65.1 Å². The van der Waals surface area contributed by atoms with Gasteiger partial charge in [-0.1, -0.05) is 48.5 Å². The smallest absolute Gasteiger partial charge is 0.232 e. The Morgan fingerprint density at radius 3 is 2.72 bits per heavy atom. The van der Waals surface area contributed by atoms with E-state index in [0.717, 1.165) is 5.56 Å². The van der Waals surface area contributed by atoms with Crippen LogP contribution in [-0.4, -0.2) is 30.5 Å². The van der Waals surface area contributed by atoms with Crippen LogP contribution in [0.2, 0.25) is 0 Å². The van der Waals surface area contributed by atoms with Gasteiger partial charge in [0.2, 0.25) is 17.5 Å². The van der Waals surface area contributed by atoms with Crippen LogP contribution in [0.3, 0.4) is 0 Å². The van der Waals surface area contributed by atoms with Crippen molar-refractivity contribution in [1.82, 2.24) is 9.88 Å². The molecule has 0 bridgehead atoms. The zero-order chi connectivity index (χ0) is 20.2. The highest BCUT2D eigenvalue weighted by Crippen LogP contribution is 2.26. The van der Waals surface area contributed by atoms with Gasteiger partial charge in [0, 0.05) is 11.4 Å². The maximum absolute atomic E-state index is 9.51. The molecule has 0 amide bonds. The first kappa shape index (κ1) is 19.2. The number of hydrogen-bond donors (Lipinski definition) is 1. The van der Waals surface area contributed by atoms with Crippen LogP contribution in [0.1, 0.15) is 28.1 Å². The summed E-state index contributed by atoms with van der Waals surface area (Å²) in [6.45, 7) is 0.630. The van der Waals surface area contributed by atoms with Crippen molar-refractivity contribution in [1.29, 1.82) is 5.26 Å². The van der Waals surface area contributed by atoms with Gasteiger partial charge in [-0.15, -0.1) is 11.3 Å². The summed E-state index contributed by atoms with van der Waals surface area (Å²) in [5.41, 5.74) is 1.43. The van der Waals surface area contributed by atoms with Gasteiger partial charge in [-0.05, 0) is 41.9 Å². The Morgan fingerprint density at radius 1 is 1.14 bits per heavy atom. The average molecular weight is 403 g/mol. The van der Waals surface area contributed by atoms with Crippen molar-refractivity contribution in [2.75, 3.05) is 26.0 Å². The molecule has 6 heteroatoms. The molecular weight excluding hydrogens is 380 g/mol. The van der Waals surface area contributed by atoms with E-state index in [4.69, 9.17) is 4.42 Å². The molecule has 4 rings (SSSR count). The van der Waals surface area contributed by atoms with Gasteiger partial charge in [0.15, 0.2) is 0 Å². The Kier molecular flexibility index (Phi) is 5.61. The van der Waals surface area contributed by atoms with Crippen LogP contribution in [-0.2, 0) is 6.42 Å². The lowest BCUT2D eigenvalue weighted by Gasteiger charge is -2.23. The van der Waals surface area contributed by atoms with Gasteiger partial charge in [-0.3, -0.25) is 0 Å². The summed E-state index contributed by atoms with van der Waals surface area (Å²) in [6.07, 6.45) is 0.541. The number of nitrogens with zero attached hydrogens (tertiary/aromatic N) is 3. The standard InChI is InChI=1S/C23H22N4OS/c1-27(2)20(21-11-6-12-29-21)15-25-23-19(14-24)26-22(28-23)13-17-9-5-8-16-7-3-4-10-18(16)17/h3-12,20,25H,13,15H2,1-2H3. The number of fused-ring (bicyclic) bond motifs is 1. The zero-order valence-corrected chi connectivity index (χ0v) is 17.2. The van der Waals surface area contributed by atoms with Crippen LogP contribution in [0, 0.1) is 11.3 Å². The quantitative estimate of drug-likeness (QED) is 0.468. The number of nitriles is 1. The SMILES string of the molecule is CN(C)C(CNc1oc(Cc2cccc3ccccc23)nc1C#N)c1cccs1. The van der Waals surface area contributed by atoms with Crippen molar-refractivity contribution in [3.05, 3.63) is 82.0 Å². The lowest BCUT2D eigenvalue weighted by atomic mass is 10.0. The molecule has 0 aliphatic carbocycles. The third-order valence-corrected chi connectivity index (χ3v) is 5.92. The highest BCUT2D eigenvalue weighted by atomic mass is 32.1.